The smallest absolute Gasteiger partial charge is 0.345 e. The van der Waals surface area contributed by atoms with Crippen molar-refractivity contribution >= 4 is 27.5 Å². The molecule has 4 rings (SSSR count). The van der Waals surface area contributed by atoms with Crippen LogP contribution in [0.4, 0.5) is 4.39 Å². The van der Waals surface area contributed by atoms with E-state index in [2.05, 4.69) is 31.4 Å². The summed E-state index contributed by atoms with van der Waals surface area (Å²) in [6.07, 6.45) is 4.46. The minimum atomic E-state index is -0.404. The molecule has 1 saturated carbocycles. The number of carbonyl (C=O) groups excluding carboxylic acids is 1. The van der Waals surface area contributed by atoms with E-state index in [4.69, 9.17) is 0 Å². The van der Waals surface area contributed by atoms with Crippen LogP contribution in [-0.4, -0.2) is 20.5 Å². The van der Waals surface area contributed by atoms with Crippen LogP contribution in [0.3, 0.4) is 0 Å². The molecule has 3 aromatic rings. The molecule has 0 bridgehead atoms. The highest BCUT2D eigenvalue weighted by Gasteiger charge is 2.28. The van der Waals surface area contributed by atoms with Crippen LogP contribution in [0.1, 0.15) is 41.2 Å². The average Bonchev–Trinajstić information content (AvgIpc) is 3.35. The molecule has 1 atom stereocenters. The van der Waals surface area contributed by atoms with E-state index in [1.54, 1.807) is 12.1 Å². The summed E-state index contributed by atoms with van der Waals surface area (Å²) in [7, 11) is 0. The third-order valence-electron chi connectivity index (χ3n) is 4.53. The second-order valence-corrected chi connectivity index (χ2v) is 7.50. The first kappa shape index (κ1) is 17.0. The van der Waals surface area contributed by atoms with Gasteiger partial charge in [-0.05, 0) is 48.2 Å². The second-order valence-electron chi connectivity index (χ2n) is 6.58. The molecule has 1 aliphatic carbocycles. The van der Waals surface area contributed by atoms with Gasteiger partial charge in [0.15, 0.2) is 5.65 Å². The van der Waals surface area contributed by atoms with Crippen molar-refractivity contribution in [3.8, 4) is 0 Å². The number of halogens is 2. The summed E-state index contributed by atoms with van der Waals surface area (Å²) in [6.45, 7) is 0. The Balaban J connectivity index is 1.62. The van der Waals surface area contributed by atoms with Crippen LogP contribution in [0.15, 0.2) is 45.8 Å². The molecule has 134 valence electrons. The van der Waals surface area contributed by atoms with Gasteiger partial charge in [-0.25, -0.2) is 18.7 Å². The minimum absolute atomic E-state index is 0.293. The van der Waals surface area contributed by atoms with Gasteiger partial charge in [0.1, 0.15) is 5.82 Å². The normalized spacial score (nSPS) is 15.2. The maximum absolute atomic E-state index is 13.8. The summed E-state index contributed by atoms with van der Waals surface area (Å²) in [5.41, 5.74) is 1.10. The van der Waals surface area contributed by atoms with Gasteiger partial charge in [-0.3, -0.25) is 4.79 Å². The molecule has 1 aromatic carbocycles. The van der Waals surface area contributed by atoms with Crippen LogP contribution in [0, 0.1) is 11.7 Å². The Labute approximate surface area is 156 Å². The molecule has 2 heterocycles. The first-order valence-electron chi connectivity index (χ1n) is 8.33. The Bertz CT molecular complexity index is 1020. The van der Waals surface area contributed by atoms with Crippen LogP contribution < -0.4 is 11.0 Å². The van der Waals surface area contributed by atoms with E-state index in [1.165, 1.54) is 22.7 Å². The van der Waals surface area contributed by atoms with Gasteiger partial charge in [0, 0.05) is 10.7 Å². The van der Waals surface area contributed by atoms with Crippen LogP contribution in [0.2, 0.25) is 0 Å². The molecule has 1 fully saturated rings. The Kier molecular flexibility index (Phi) is 4.36. The summed E-state index contributed by atoms with van der Waals surface area (Å²) in [4.78, 5) is 24.4. The number of rotatable bonds is 5. The zero-order valence-electron chi connectivity index (χ0n) is 13.7. The van der Waals surface area contributed by atoms with Gasteiger partial charge >= 0.3 is 5.69 Å². The summed E-state index contributed by atoms with van der Waals surface area (Å²) >= 11 is 3.30. The molecular weight excluding hydrogens is 403 g/mol. The Hall–Kier alpha value is -2.48. The SMILES string of the molecule is O=C(NC(CC1CC1)c1cc(F)cc(Br)c1)c1ccc2n[nH]c(=O)n2c1. The molecule has 6 nitrogen and oxygen atoms in total. The predicted molar refractivity (Wildman–Crippen MR) is 97.5 cm³/mol. The Morgan fingerprint density at radius 3 is 2.92 bits per heavy atom. The number of aromatic nitrogens is 3. The van der Waals surface area contributed by atoms with Crippen molar-refractivity contribution < 1.29 is 9.18 Å². The molecule has 2 N–H and O–H groups in total. The van der Waals surface area contributed by atoms with Crippen molar-refractivity contribution in [1.29, 1.82) is 0 Å². The molecule has 1 amide bonds. The predicted octanol–water partition coefficient (Wildman–Crippen LogP) is 3.20. The lowest BCUT2D eigenvalue weighted by Gasteiger charge is -2.20. The number of aromatic amines is 1. The van der Waals surface area contributed by atoms with Crippen molar-refractivity contribution in [3.05, 3.63) is 68.4 Å². The molecule has 1 aliphatic rings. The van der Waals surface area contributed by atoms with E-state index in [-0.39, 0.29) is 17.8 Å². The first-order valence-corrected chi connectivity index (χ1v) is 9.12. The van der Waals surface area contributed by atoms with Crippen LogP contribution in [-0.2, 0) is 0 Å². The molecule has 26 heavy (non-hydrogen) atoms. The van der Waals surface area contributed by atoms with Crippen molar-refractivity contribution in [1.82, 2.24) is 19.9 Å². The summed E-state index contributed by atoms with van der Waals surface area (Å²) in [6, 6.07) is 7.57. The Morgan fingerprint density at radius 2 is 2.19 bits per heavy atom. The number of nitrogens with one attached hydrogen (secondary N) is 2. The number of nitrogens with zero attached hydrogens (tertiary/aromatic N) is 2. The lowest BCUT2D eigenvalue weighted by molar-refractivity contribution is 0.0933. The van der Waals surface area contributed by atoms with E-state index in [9.17, 15) is 14.0 Å². The summed E-state index contributed by atoms with van der Waals surface area (Å²) < 4.78 is 15.7. The molecule has 0 saturated heterocycles. The summed E-state index contributed by atoms with van der Waals surface area (Å²) in [5, 5.41) is 9.16. The number of carbonyl (C=O) groups is 1. The van der Waals surface area contributed by atoms with Gasteiger partial charge in [-0.2, -0.15) is 5.10 Å². The van der Waals surface area contributed by atoms with Gasteiger partial charge in [0.2, 0.25) is 0 Å². The van der Waals surface area contributed by atoms with Gasteiger partial charge in [0.25, 0.3) is 5.91 Å². The quantitative estimate of drug-likeness (QED) is 0.667. The fourth-order valence-electron chi connectivity index (χ4n) is 3.02. The van der Waals surface area contributed by atoms with Gasteiger partial charge in [-0.1, -0.05) is 28.8 Å². The standard InChI is InChI=1S/C18H16BrFN4O2/c19-13-6-12(7-14(20)8-13)15(5-10-1-2-10)21-17(25)11-3-4-16-22-23-18(26)24(16)9-11/h3-4,6-10,15H,1-2,5H2,(H,21,25)(H,23,26). The molecular formula is C18H16BrFN4O2. The average molecular weight is 419 g/mol. The van der Waals surface area contributed by atoms with E-state index in [0.717, 1.165) is 24.8 Å². The minimum Gasteiger partial charge on any atom is -0.345 e. The largest absolute Gasteiger partial charge is 0.347 e. The van der Waals surface area contributed by atoms with Gasteiger partial charge in [0.05, 0.1) is 11.6 Å². The molecule has 0 radical (unpaired) electrons. The highest BCUT2D eigenvalue weighted by molar-refractivity contribution is 9.10. The van der Waals surface area contributed by atoms with Crippen LogP contribution in [0.25, 0.3) is 5.65 Å². The zero-order chi connectivity index (χ0) is 18.3. The third-order valence-corrected chi connectivity index (χ3v) is 4.99. The van der Waals surface area contributed by atoms with Crippen LogP contribution in [0.5, 0.6) is 0 Å². The van der Waals surface area contributed by atoms with E-state index in [1.807, 2.05) is 6.07 Å². The lowest BCUT2D eigenvalue weighted by atomic mass is 10.0. The molecule has 8 heteroatoms. The highest BCUT2D eigenvalue weighted by atomic mass is 79.9. The van der Waals surface area contributed by atoms with Crippen molar-refractivity contribution in [2.45, 2.75) is 25.3 Å². The molecule has 0 aliphatic heterocycles. The fraction of sp³-hybridized carbons (Fsp3) is 0.278. The lowest BCUT2D eigenvalue weighted by Crippen LogP contribution is -2.29. The maximum atomic E-state index is 13.8. The third kappa shape index (κ3) is 3.55. The van der Waals surface area contributed by atoms with Crippen molar-refractivity contribution in [2.75, 3.05) is 0 Å². The van der Waals surface area contributed by atoms with Gasteiger partial charge in [-0.15, -0.1) is 0 Å². The Morgan fingerprint density at radius 1 is 1.38 bits per heavy atom. The monoisotopic (exact) mass is 418 g/mol. The highest BCUT2D eigenvalue weighted by Crippen LogP contribution is 2.38. The van der Waals surface area contributed by atoms with Gasteiger partial charge < -0.3 is 5.32 Å². The summed E-state index contributed by atoms with van der Waals surface area (Å²) in [5.74, 6) is -0.122. The van der Waals surface area contributed by atoms with Crippen molar-refractivity contribution in [2.24, 2.45) is 5.92 Å². The zero-order valence-corrected chi connectivity index (χ0v) is 15.3. The molecule has 2 aromatic heterocycles. The first-order chi connectivity index (χ1) is 12.5. The van der Waals surface area contributed by atoms with E-state index in [0.29, 0.717) is 21.6 Å². The molecule has 0 spiro atoms. The van der Waals surface area contributed by atoms with Crippen LogP contribution >= 0.6 is 15.9 Å². The fourth-order valence-corrected chi connectivity index (χ4v) is 3.51. The number of hydrogen-bond donors (Lipinski definition) is 2. The maximum Gasteiger partial charge on any atom is 0.347 e. The number of pyridine rings is 1. The number of H-pyrrole nitrogens is 1. The topological polar surface area (TPSA) is 79.3 Å². The van der Waals surface area contributed by atoms with E-state index < -0.39 is 5.69 Å². The van der Waals surface area contributed by atoms with Crippen molar-refractivity contribution in [3.63, 3.8) is 0 Å². The number of fused-ring (bicyclic) bond motifs is 1. The second kappa shape index (κ2) is 6.68. The number of hydrogen-bond acceptors (Lipinski definition) is 3. The number of benzene rings is 1. The number of amides is 1. The molecule has 1 unspecified atom stereocenters. The van der Waals surface area contributed by atoms with E-state index >= 15 is 0 Å².